The Morgan fingerprint density at radius 2 is 0.905 bits per heavy atom. The minimum atomic E-state index is -3.05. The van der Waals surface area contributed by atoms with Crippen molar-refractivity contribution in [1.82, 2.24) is 4.57 Å². The molecule has 6 heteroatoms. The number of aromatic nitrogens is 1. The van der Waals surface area contributed by atoms with Crippen LogP contribution in [0.3, 0.4) is 0 Å². The molecule has 15 rings (SSSR count). The average molecular weight is 1000 g/mol. The number of halogens is 1. The summed E-state index contributed by atoms with van der Waals surface area (Å²) in [5, 5.41) is 14.3. The number of benzene rings is 10. The number of fused-ring (bicyclic) bond motifs is 10. The third-order valence-corrected chi connectivity index (χ3v) is 28.4. The van der Waals surface area contributed by atoms with Crippen molar-refractivity contribution in [3.63, 3.8) is 0 Å². The van der Waals surface area contributed by atoms with E-state index in [1.807, 2.05) is 0 Å². The fraction of sp³-hybridized carbons (Fsp3) is 0.118. The molecular formula is C68H54BClN2Si2. The zero-order chi connectivity index (χ0) is 49.4. The van der Waals surface area contributed by atoms with Crippen LogP contribution in [0, 0.1) is 0 Å². The van der Waals surface area contributed by atoms with Crippen LogP contribution in [-0.2, 0) is 5.41 Å². The van der Waals surface area contributed by atoms with Gasteiger partial charge in [0.15, 0.2) is 16.1 Å². The van der Waals surface area contributed by atoms with Gasteiger partial charge >= 0.3 is 0 Å². The normalized spacial score (nSPS) is 18.3. The van der Waals surface area contributed by atoms with E-state index in [9.17, 15) is 0 Å². The smallest absolute Gasteiger partial charge is 0.252 e. The van der Waals surface area contributed by atoms with Gasteiger partial charge in [0, 0.05) is 43.8 Å². The predicted molar refractivity (Wildman–Crippen MR) is 320 cm³/mol. The second-order valence-corrected chi connectivity index (χ2v) is 30.0. The lowest BCUT2D eigenvalue weighted by Gasteiger charge is -2.52. The van der Waals surface area contributed by atoms with Gasteiger partial charge in [-0.2, -0.15) is 0 Å². The van der Waals surface area contributed by atoms with Crippen molar-refractivity contribution >= 4 is 126 Å². The molecule has 0 saturated heterocycles. The molecule has 0 spiro atoms. The number of para-hydroxylation sites is 1. The van der Waals surface area contributed by atoms with Crippen LogP contribution in [0.5, 0.6) is 0 Å². The van der Waals surface area contributed by atoms with Crippen molar-refractivity contribution < 1.29 is 0 Å². The molecule has 2 nitrogen and oxygen atoms in total. The molecule has 74 heavy (non-hydrogen) atoms. The average Bonchev–Trinajstić information content (AvgIpc) is 4.08. The molecule has 3 aliphatic heterocycles. The first-order valence-corrected chi connectivity index (χ1v) is 31.0. The van der Waals surface area contributed by atoms with Crippen molar-refractivity contribution in [3.05, 3.63) is 253 Å². The molecule has 1 aromatic heterocycles. The highest BCUT2D eigenvalue weighted by molar-refractivity contribution is 7.21. The summed E-state index contributed by atoms with van der Waals surface area (Å²) in [7, 11) is -5.98. The predicted octanol–water partition coefficient (Wildman–Crippen LogP) is 9.08. The number of hydrogen-bond acceptors (Lipinski definition) is 1. The fourth-order valence-corrected chi connectivity index (χ4v) is 25.1. The zero-order valence-electron chi connectivity index (χ0n) is 41.8. The Morgan fingerprint density at radius 1 is 0.432 bits per heavy atom. The van der Waals surface area contributed by atoms with Crippen LogP contribution in [-0.4, -0.2) is 33.0 Å². The molecular weight excluding hydrogens is 947 g/mol. The Labute approximate surface area is 441 Å². The maximum absolute atomic E-state index is 7.58. The standard InChI is InChI=1S/C68H54BClN2Si2/c1-67-40-21-22-41-68(67,2)72-63-43-47(70)42-62-64(63)69(59-37-23-36-58(67)66(59)72)60-46-55(74(51-30-15-6-16-31-51,52-32-17-7-18-33-52)53-34-19-8-20-35-53)45-57-56-44-54(38-39-61(56)71(62)65(57)60)73(48-24-9-3-10-25-48,49-26-11-4-12-27-49)50-28-13-5-14-29-50/h3-20,23-39,42-46H,21-22,40-41H2,1-2H3. The fourth-order valence-electron chi connectivity index (χ4n) is 15.4. The van der Waals surface area contributed by atoms with Crippen LogP contribution >= 0.6 is 11.6 Å². The summed E-state index contributed by atoms with van der Waals surface area (Å²) in [6, 6.07) is 93.5. The van der Waals surface area contributed by atoms with E-state index in [1.165, 1.54) is 122 Å². The number of nitrogens with zero attached hydrogens (tertiary/aromatic N) is 2. The van der Waals surface area contributed by atoms with Crippen LogP contribution in [0.2, 0.25) is 5.02 Å². The van der Waals surface area contributed by atoms with E-state index in [1.54, 1.807) is 0 Å². The molecule has 1 fully saturated rings. The Morgan fingerprint density at radius 3 is 1.43 bits per heavy atom. The largest absolute Gasteiger partial charge is 0.335 e. The maximum Gasteiger partial charge on any atom is 0.252 e. The lowest BCUT2D eigenvalue weighted by atomic mass is 9.33. The van der Waals surface area contributed by atoms with Gasteiger partial charge in [0.2, 0.25) is 0 Å². The highest BCUT2D eigenvalue weighted by Gasteiger charge is 2.61. The van der Waals surface area contributed by atoms with Gasteiger partial charge in [0.05, 0.1) is 11.1 Å². The van der Waals surface area contributed by atoms with Gasteiger partial charge < -0.3 is 9.47 Å². The van der Waals surface area contributed by atoms with Crippen molar-refractivity contribution in [2.45, 2.75) is 50.5 Å². The van der Waals surface area contributed by atoms with E-state index in [4.69, 9.17) is 11.6 Å². The Hall–Kier alpha value is -7.41. The molecule has 0 radical (unpaired) electrons. The molecule has 2 atom stereocenters. The Bertz CT molecular complexity index is 3830. The van der Waals surface area contributed by atoms with Gasteiger partial charge in [0.25, 0.3) is 6.71 Å². The van der Waals surface area contributed by atoms with Crippen molar-refractivity contribution in [1.29, 1.82) is 0 Å². The van der Waals surface area contributed by atoms with Crippen LogP contribution in [0.4, 0.5) is 11.4 Å². The van der Waals surface area contributed by atoms with E-state index in [-0.39, 0.29) is 17.7 Å². The Balaban J connectivity index is 1.13. The van der Waals surface area contributed by atoms with Gasteiger partial charge in [-0.15, -0.1) is 0 Å². The molecule has 11 aromatic rings. The lowest BCUT2D eigenvalue weighted by molar-refractivity contribution is 0.195. The van der Waals surface area contributed by atoms with E-state index < -0.39 is 16.1 Å². The minimum Gasteiger partial charge on any atom is -0.335 e. The summed E-state index contributed by atoms with van der Waals surface area (Å²) in [6.45, 7) is 5.11. The topological polar surface area (TPSA) is 8.17 Å². The second-order valence-electron chi connectivity index (χ2n) is 21.9. The third kappa shape index (κ3) is 5.72. The van der Waals surface area contributed by atoms with Gasteiger partial charge in [-0.25, -0.2) is 0 Å². The van der Waals surface area contributed by atoms with E-state index >= 15 is 0 Å². The van der Waals surface area contributed by atoms with E-state index in [0.29, 0.717) is 0 Å². The van der Waals surface area contributed by atoms with Crippen molar-refractivity contribution in [3.8, 4) is 5.69 Å². The molecule has 0 bridgehead atoms. The quantitative estimate of drug-likeness (QED) is 0.109. The zero-order valence-corrected chi connectivity index (χ0v) is 44.5. The van der Waals surface area contributed by atoms with Crippen LogP contribution in [0.1, 0.15) is 45.1 Å². The summed E-state index contributed by atoms with van der Waals surface area (Å²) in [4.78, 5) is 2.80. The van der Waals surface area contributed by atoms with Crippen LogP contribution in [0.15, 0.2) is 243 Å². The first-order valence-electron chi connectivity index (χ1n) is 26.6. The first-order chi connectivity index (χ1) is 36.4. The molecule has 0 N–H and O–H groups in total. The minimum absolute atomic E-state index is 0.00245. The summed E-state index contributed by atoms with van der Waals surface area (Å²) >= 11 is 7.58. The maximum atomic E-state index is 7.58. The van der Waals surface area contributed by atoms with Gasteiger partial charge in [-0.05, 0) is 101 Å². The molecule has 1 aliphatic carbocycles. The number of hydrogen-bond donors (Lipinski definition) is 0. The highest BCUT2D eigenvalue weighted by atomic mass is 35.5. The second kappa shape index (κ2) is 16.3. The molecule has 354 valence electrons. The molecule has 2 unspecified atom stereocenters. The highest BCUT2D eigenvalue weighted by Crippen LogP contribution is 2.61. The summed E-state index contributed by atoms with van der Waals surface area (Å²) < 4.78 is 2.63. The molecule has 4 aliphatic rings. The number of rotatable bonds is 8. The number of anilines is 2. The SMILES string of the molecule is CC12CCCCC1(C)N1c3cc(Cl)cc4c3B(c3cccc2c31)c1cc([Si](c2ccccc2)(c2ccccc2)c2ccccc2)cc2c3cc([Si](c5ccccc5)(c5ccccc5)c5ccccc5)ccc3n-4c12. The van der Waals surface area contributed by atoms with Crippen molar-refractivity contribution in [2.24, 2.45) is 0 Å². The summed E-state index contributed by atoms with van der Waals surface area (Å²) in [5.74, 6) is 0. The first kappa shape index (κ1) is 44.1. The van der Waals surface area contributed by atoms with Gasteiger partial charge in [-0.3, -0.25) is 0 Å². The molecule has 0 amide bonds. The molecule has 4 heterocycles. The molecule has 1 saturated carbocycles. The summed E-state index contributed by atoms with van der Waals surface area (Å²) in [6.07, 6.45) is 4.78. The van der Waals surface area contributed by atoms with Crippen LogP contribution < -0.4 is 62.8 Å². The van der Waals surface area contributed by atoms with Crippen molar-refractivity contribution in [2.75, 3.05) is 4.90 Å². The van der Waals surface area contributed by atoms with E-state index in [2.05, 4.69) is 266 Å². The van der Waals surface area contributed by atoms with Gasteiger partial charge in [-0.1, -0.05) is 256 Å². The summed E-state index contributed by atoms with van der Waals surface area (Å²) in [5.41, 5.74) is 11.9. The monoisotopic (exact) mass is 1000 g/mol. The van der Waals surface area contributed by atoms with Gasteiger partial charge in [0.1, 0.15) is 0 Å². The third-order valence-electron chi connectivity index (χ3n) is 18.6. The van der Waals surface area contributed by atoms with Crippen LogP contribution in [0.25, 0.3) is 27.5 Å². The molecule has 10 aromatic carbocycles. The lowest BCUT2D eigenvalue weighted by Crippen LogP contribution is -2.75. The van der Waals surface area contributed by atoms with E-state index in [0.717, 1.165) is 11.4 Å². The Kier molecular flexibility index (Phi) is 9.71.